The van der Waals surface area contributed by atoms with Crippen molar-refractivity contribution in [3.63, 3.8) is 0 Å². The fourth-order valence-corrected chi connectivity index (χ4v) is 4.36. The molecule has 1 aliphatic rings. The molecule has 1 amide bonds. The summed E-state index contributed by atoms with van der Waals surface area (Å²) in [6.07, 6.45) is -3.20. The first kappa shape index (κ1) is 23.7. The van der Waals surface area contributed by atoms with Gasteiger partial charge in [0.2, 0.25) is 17.6 Å². The summed E-state index contributed by atoms with van der Waals surface area (Å²) in [6.45, 7) is 1.56. The lowest BCUT2D eigenvalue weighted by molar-refractivity contribution is -0.137. The summed E-state index contributed by atoms with van der Waals surface area (Å²) >= 11 is 9.06. The van der Waals surface area contributed by atoms with Gasteiger partial charge in [-0.3, -0.25) is 9.69 Å². The predicted octanol–water partition coefficient (Wildman–Crippen LogP) is 6.02. The number of aromatic nitrogens is 2. The molecular formula is C22H19BrClF3N4O2. The van der Waals surface area contributed by atoms with Crippen LogP contribution in [0, 0.1) is 5.92 Å². The molecule has 3 aromatic rings. The Labute approximate surface area is 201 Å². The number of halogens is 5. The number of piperidine rings is 1. The van der Waals surface area contributed by atoms with Crippen LogP contribution in [0.15, 0.2) is 51.5 Å². The zero-order chi connectivity index (χ0) is 23.6. The highest BCUT2D eigenvalue weighted by Crippen LogP contribution is 2.36. The second-order valence-corrected chi connectivity index (χ2v) is 9.10. The SMILES string of the molecule is O=C(Nc1ccc(Cl)c(C(F)(F)F)c1)C1CCCN(Cc2nc(-c3cccc(Br)c3)no2)C1. The Morgan fingerprint density at radius 2 is 2.09 bits per heavy atom. The van der Waals surface area contributed by atoms with Crippen molar-refractivity contribution in [3.8, 4) is 11.4 Å². The fraction of sp³-hybridized carbons (Fsp3) is 0.318. The van der Waals surface area contributed by atoms with Crippen LogP contribution in [-0.2, 0) is 17.5 Å². The van der Waals surface area contributed by atoms with Gasteiger partial charge in [-0.05, 0) is 49.7 Å². The quantitative estimate of drug-likeness (QED) is 0.426. The van der Waals surface area contributed by atoms with E-state index in [2.05, 4.69) is 31.4 Å². The number of rotatable bonds is 5. The van der Waals surface area contributed by atoms with Crippen molar-refractivity contribution < 1.29 is 22.5 Å². The highest BCUT2D eigenvalue weighted by atomic mass is 79.9. The number of amides is 1. The third-order valence-corrected chi connectivity index (χ3v) is 6.15. The maximum absolute atomic E-state index is 13.1. The van der Waals surface area contributed by atoms with Gasteiger partial charge < -0.3 is 9.84 Å². The van der Waals surface area contributed by atoms with Gasteiger partial charge in [-0.25, -0.2) is 0 Å². The first-order valence-corrected chi connectivity index (χ1v) is 11.3. The van der Waals surface area contributed by atoms with Crippen molar-refractivity contribution in [2.75, 3.05) is 18.4 Å². The second-order valence-electron chi connectivity index (χ2n) is 7.78. The Morgan fingerprint density at radius 1 is 1.27 bits per heavy atom. The lowest BCUT2D eigenvalue weighted by Gasteiger charge is -2.30. The van der Waals surface area contributed by atoms with E-state index in [4.69, 9.17) is 16.1 Å². The van der Waals surface area contributed by atoms with Crippen molar-refractivity contribution >= 4 is 39.1 Å². The van der Waals surface area contributed by atoms with Gasteiger partial charge in [-0.1, -0.05) is 44.8 Å². The maximum atomic E-state index is 13.1. The van der Waals surface area contributed by atoms with Crippen LogP contribution in [0.5, 0.6) is 0 Å². The molecule has 0 radical (unpaired) electrons. The number of anilines is 1. The summed E-state index contributed by atoms with van der Waals surface area (Å²) in [5, 5.41) is 6.20. The smallest absolute Gasteiger partial charge is 0.338 e. The van der Waals surface area contributed by atoms with Crippen LogP contribution < -0.4 is 5.32 Å². The standard InChI is InChI=1S/C22H19BrClF3N4O2/c23-15-5-1-3-13(9-15)20-29-19(33-30-20)12-31-8-2-4-14(11-31)21(32)28-16-6-7-18(24)17(10-16)22(25,26)27/h1,3,5-7,9-10,14H,2,4,8,11-12H2,(H,28,32). The van der Waals surface area contributed by atoms with Gasteiger partial charge in [0.1, 0.15) is 0 Å². The van der Waals surface area contributed by atoms with Gasteiger partial charge in [0, 0.05) is 22.3 Å². The van der Waals surface area contributed by atoms with E-state index in [9.17, 15) is 18.0 Å². The summed E-state index contributed by atoms with van der Waals surface area (Å²) in [4.78, 5) is 19.2. The number of hydrogen-bond donors (Lipinski definition) is 1. The summed E-state index contributed by atoms with van der Waals surface area (Å²) < 4.78 is 45.5. The maximum Gasteiger partial charge on any atom is 0.417 e. The molecule has 0 bridgehead atoms. The molecule has 1 aliphatic heterocycles. The van der Waals surface area contributed by atoms with Gasteiger partial charge in [0.15, 0.2) is 0 Å². The van der Waals surface area contributed by atoms with E-state index in [1.54, 1.807) is 0 Å². The highest BCUT2D eigenvalue weighted by Gasteiger charge is 2.34. The molecule has 0 saturated carbocycles. The summed E-state index contributed by atoms with van der Waals surface area (Å²) in [5.74, 6) is 0.186. The van der Waals surface area contributed by atoms with Crippen LogP contribution in [0.25, 0.3) is 11.4 Å². The van der Waals surface area contributed by atoms with Crippen LogP contribution in [-0.4, -0.2) is 34.0 Å². The average Bonchev–Trinajstić information content (AvgIpc) is 3.23. The molecule has 11 heteroatoms. The van der Waals surface area contributed by atoms with Crippen molar-refractivity contribution in [1.82, 2.24) is 15.0 Å². The highest BCUT2D eigenvalue weighted by molar-refractivity contribution is 9.10. The zero-order valence-corrected chi connectivity index (χ0v) is 19.5. The van der Waals surface area contributed by atoms with Gasteiger partial charge in [-0.2, -0.15) is 18.2 Å². The van der Waals surface area contributed by atoms with E-state index in [-0.39, 0.29) is 17.5 Å². The summed E-state index contributed by atoms with van der Waals surface area (Å²) in [7, 11) is 0. The Bertz CT molecular complexity index is 1150. The monoisotopic (exact) mass is 542 g/mol. The molecule has 1 fully saturated rings. The molecule has 6 nitrogen and oxygen atoms in total. The van der Waals surface area contributed by atoms with Crippen LogP contribution in [0.2, 0.25) is 5.02 Å². The topological polar surface area (TPSA) is 71.3 Å². The molecule has 1 atom stereocenters. The zero-order valence-electron chi connectivity index (χ0n) is 17.2. The Balaban J connectivity index is 1.38. The minimum absolute atomic E-state index is 0.0596. The first-order valence-electron chi connectivity index (χ1n) is 10.2. The Hall–Kier alpha value is -2.43. The number of nitrogens with one attached hydrogen (secondary N) is 1. The number of alkyl halides is 3. The van der Waals surface area contributed by atoms with Gasteiger partial charge in [-0.15, -0.1) is 0 Å². The van der Waals surface area contributed by atoms with Crippen molar-refractivity contribution in [2.24, 2.45) is 5.92 Å². The predicted molar refractivity (Wildman–Crippen MR) is 121 cm³/mol. The van der Waals surface area contributed by atoms with Crippen molar-refractivity contribution in [3.05, 3.63) is 63.4 Å². The number of carbonyl (C=O) groups excluding carboxylic acids is 1. The summed E-state index contributed by atoms with van der Waals surface area (Å²) in [5.41, 5.74) is -0.106. The van der Waals surface area contributed by atoms with E-state index in [0.29, 0.717) is 31.2 Å². The van der Waals surface area contributed by atoms with E-state index in [1.165, 1.54) is 6.07 Å². The molecule has 174 valence electrons. The number of hydrogen-bond acceptors (Lipinski definition) is 5. The first-order chi connectivity index (χ1) is 15.7. The molecule has 1 N–H and O–H groups in total. The third-order valence-electron chi connectivity index (χ3n) is 5.33. The number of likely N-dealkylation sites (tertiary alicyclic amines) is 1. The van der Waals surface area contributed by atoms with Crippen LogP contribution >= 0.6 is 27.5 Å². The van der Waals surface area contributed by atoms with Crippen molar-refractivity contribution in [2.45, 2.75) is 25.6 Å². The number of carbonyl (C=O) groups is 1. The van der Waals surface area contributed by atoms with Gasteiger partial charge >= 0.3 is 6.18 Å². The Morgan fingerprint density at radius 3 is 2.85 bits per heavy atom. The molecule has 1 aromatic heterocycles. The lowest BCUT2D eigenvalue weighted by Crippen LogP contribution is -2.40. The van der Waals surface area contributed by atoms with Crippen LogP contribution in [0.1, 0.15) is 24.3 Å². The molecule has 2 aromatic carbocycles. The van der Waals surface area contributed by atoms with Gasteiger partial charge in [0.25, 0.3) is 0 Å². The normalized spacial score (nSPS) is 17.2. The molecule has 1 saturated heterocycles. The minimum Gasteiger partial charge on any atom is -0.338 e. The van der Waals surface area contributed by atoms with E-state index in [0.717, 1.165) is 35.1 Å². The minimum atomic E-state index is -4.60. The number of benzene rings is 2. The Kier molecular flexibility index (Phi) is 7.06. The lowest BCUT2D eigenvalue weighted by atomic mass is 9.97. The average molecular weight is 544 g/mol. The third kappa shape index (κ3) is 5.93. The molecule has 2 heterocycles. The molecule has 33 heavy (non-hydrogen) atoms. The van der Waals surface area contributed by atoms with E-state index >= 15 is 0 Å². The van der Waals surface area contributed by atoms with Crippen molar-refractivity contribution in [1.29, 1.82) is 0 Å². The molecule has 0 spiro atoms. The van der Waals surface area contributed by atoms with Crippen LogP contribution in [0.3, 0.4) is 0 Å². The van der Waals surface area contributed by atoms with Gasteiger partial charge in [0.05, 0.1) is 23.0 Å². The number of nitrogens with zero attached hydrogens (tertiary/aromatic N) is 3. The van der Waals surface area contributed by atoms with Crippen LogP contribution in [0.4, 0.5) is 18.9 Å². The van der Waals surface area contributed by atoms with E-state index < -0.39 is 16.8 Å². The largest absolute Gasteiger partial charge is 0.417 e. The van der Waals surface area contributed by atoms with E-state index in [1.807, 2.05) is 29.2 Å². The fourth-order valence-electron chi connectivity index (χ4n) is 3.73. The second kappa shape index (κ2) is 9.82. The molecule has 0 aliphatic carbocycles. The molecular weight excluding hydrogens is 525 g/mol. The molecule has 1 unspecified atom stereocenters. The summed E-state index contributed by atoms with van der Waals surface area (Å²) in [6, 6.07) is 10.9. The molecule has 4 rings (SSSR count).